The Morgan fingerprint density at radius 3 is 3.12 bits per heavy atom. The number of aromatic nitrogens is 1. The molecule has 0 radical (unpaired) electrons. The van der Waals surface area contributed by atoms with Gasteiger partial charge in [-0.2, -0.15) is 0 Å². The second kappa shape index (κ2) is 3.71. The van der Waals surface area contributed by atoms with Crippen molar-refractivity contribution in [2.75, 3.05) is 12.8 Å². The molecule has 1 aliphatic rings. The Labute approximate surface area is 98.5 Å². The van der Waals surface area contributed by atoms with E-state index in [0.29, 0.717) is 5.88 Å². The lowest BCUT2D eigenvalue weighted by Crippen LogP contribution is -2.27. The van der Waals surface area contributed by atoms with E-state index in [-0.39, 0.29) is 0 Å². The first-order valence-electron chi connectivity index (χ1n) is 5.40. The predicted molar refractivity (Wildman–Crippen MR) is 67.1 cm³/mol. The number of thioether (sulfide) groups is 1. The number of aromatic hydroxyl groups is 1. The van der Waals surface area contributed by atoms with Crippen LogP contribution in [0, 0.1) is 0 Å². The van der Waals surface area contributed by atoms with Gasteiger partial charge >= 0.3 is 0 Å². The van der Waals surface area contributed by atoms with Gasteiger partial charge in [-0.1, -0.05) is 12.1 Å². The molecule has 2 N–H and O–H groups in total. The Morgan fingerprint density at radius 1 is 1.44 bits per heavy atom. The summed E-state index contributed by atoms with van der Waals surface area (Å²) in [5.74, 6) is 0.427. The van der Waals surface area contributed by atoms with Crippen LogP contribution < -0.4 is 5.32 Å². The zero-order valence-corrected chi connectivity index (χ0v) is 9.97. The van der Waals surface area contributed by atoms with Crippen molar-refractivity contribution >= 4 is 22.5 Å². The Balaban J connectivity index is 2.39. The Hall–Kier alpha value is -1.13. The van der Waals surface area contributed by atoms with Crippen molar-refractivity contribution in [1.29, 1.82) is 0 Å². The van der Waals surface area contributed by atoms with Crippen LogP contribution in [0.15, 0.2) is 23.1 Å². The highest BCUT2D eigenvalue weighted by molar-refractivity contribution is 7.98. The van der Waals surface area contributed by atoms with Crippen molar-refractivity contribution in [3.8, 4) is 5.88 Å². The molecule has 2 heterocycles. The molecule has 0 fully saturated rings. The molecular formula is C12H14N2OS. The lowest BCUT2D eigenvalue weighted by molar-refractivity contribution is 0.396. The normalized spacial score (nSPS) is 15.3. The van der Waals surface area contributed by atoms with Gasteiger partial charge in [-0.15, -0.1) is 11.8 Å². The second-order valence-corrected chi connectivity index (χ2v) is 4.83. The van der Waals surface area contributed by atoms with Crippen LogP contribution in [-0.2, 0) is 13.1 Å². The van der Waals surface area contributed by atoms with Crippen molar-refractivity contribution in [3.05, 3.63) is 23.9 Å². The topological polar surface area (TPSA) is 37.2 Å². The first kappa shape index (κ1) is 10.1. The standard InChI is InChI=1S/C12H14N2OS/c1-16-10-4-2-3-8-9-7-13-5-6-14(9)12(15)11(8)10/h2-4,13,15H,5-7H2,1H3. The summed E-state index contributed by atoms with van der Waals surface area (Å²) in [6, 6.07) is 6.21. The number of nitrogens with zero attached hydrogens (tertiary/aromatic N) is 1. The van der Waals surface area contributed by atoms with Crippen molar-refractivity contribution in [1.82, 2.24) is 9.88 Å². The molecule has 0 saturated heterocycles. The monoisotopic (exact) mass is 234 g/mol. The van der Waals surface area contributed by atoms with Crippen molar-refractivity contribution in [2.45, 2.75) is 18.0 Å². The molecule has 0 unspecified atom stereocenters. The van der Waals surface area contributed by atoms with Gasteiger partial charge in [-0.25, -0.2) is 0 Å². The third kappa shape index (κ3) is 1.26. The Bertz CT molecular complexity index is 547. The highest BCUT2D eigenvalue weighted by Crippen LogP contribution is 2.38. The molecule has 3 rings (SSSR count). The van der Waals surface area contributed by atoms with Crippen LogP contribution in [0.3, 0.4) is 0 Å². The van der Waals surface area contributed by atoms with Crippen LogP contribution in [0.4, 0.5) is 0 Å². The summed E-state index contributed by atoms with van der Waals surface area (Å²) in [7, 11) is 0. The maximum atomic E-state index is 10.3. The molecule has 1 aliphatic heterocycles. The summed E-state index contributed by atoms with van der Waals surface area (Å²) in [4.78, 5) is 1.15. The van der Waals surface area contributed by atoms with E-state index >= 15 is 0 Å². The molecule has 4 heteroatoms. The Morgan fingerprint density at radius 2 is 2.31 bits per heavy atom. The summed E-state index contributed by atoms with van der Waals surface area (Å²) in [6.45, 7) is 2.62. The minimum Gasteiger partial charge on any atom is -0.494 e. The van der Waals surface area contributed by atoms with E-state index in [0.717, 1.165) is 29.9 Å². The molecule has 0 bridgehead atoms. The molecule has 0 aliphatic carbocycles. The number of nitrogens with one attached hydrogen (secondary N) is 1. The molecule has 1 aromatic carbocycles. The fourth-order valence-corrected chi connectivity index (χ4v) is 3.03. The van der Waals surface area contributed by atoms with Crippen LogP contribution in [0.25, 0.3) is 10.8 Å². The van der Waals surface area contributed by atoms with Gasteiger partial charge in [0.2, 0.25) is 5.88 Å². The minimum atomic E-state index is 0.427. The zero-order valence-electron chi connectivity index (χ0n) is 9.16. The zero-order chi connectivity index (χ0) is 11.1. The molecule has 1 aromatic heterocycles. The lowest BCUT2D eigenvalue weighted by Gasteiger charge is -2.16. The maximum absolute atomic E-state index is 10.3. The van der Waals surface area contributed by atoms with E-state index in [1.807, 2.05) is 10.8 Å². The summed E-state index contributed by atoms with van der Waals surface area (Å²) >= 11 is 1.68. The average molecular weight is 234 g/mol. The van der Waals surface area contributed by atoms with Gasteiger partial charge in [0.1, 0.15) is 0 Å². The van der Waals surface area contributed by atoms with Crippen molar-refractivity contribution in [2.24, 2.45) is 0 Å². The second-order valence-electron chi connectivity index (χ2n) is 3.98. The number of benzene rings is 1. The third-order valence-electron chi connectivity index (χ3n) is 3.17. The first-order chi connectivity index (χ1) is 7.83. The molecule has 3 nitrogen and oxygen atoms in total. The van der Waals surface area contributed by atoms with E-state index in [1.54, 1.807) is 11.8 Å². The fraction of sp³-hybridized carbons (Fsp3) is 0.333. The fourth-order valence-electron chi connectivity index (χ4n) is 2.41. The molecule has 84 valence electrons. The van der Waals surface area contributed by atoms with Crippen molar-refractivity contribution in [3.63, 3.8) is 0 Å². The van der Waals surface area contributed by atoms with Gasteiger partial charge in [0, 0.05) is 35.6 Å². The molecule has 0 spiro atoms. The van der Waals surface area contributed by atoms with Gasteiger partial charge in [0.25, 0.3) is 0 Å². The van der Waals surface area contributed by atoms with Crippen LogP contribution in [0.5, 0.6) is 5.88 Å². The Kier molecular flexibility index (Phi) is 2.33. The predicted octanol–water partition coefficient (Wildman–Crippen LogP) is 2.17. The van der Waals surface area contributed by atoms with E-state index in [9.17, 15) is 5.11 Å². The van der Waals surface area contributed by atoms with Gasteiger partial charge < -0.3 is 15.0 Å². The number of hydrogen-bond acceptors (Lipinski definition) is 3. The molecule has 16 heavy (non-hydrogen) atoms. The van der Waals surface area contributed by atoms with Gasteiger partial charge in [0.15, 0.2) is 0 Å². The summed E-state index contributed by atoms with van der Waals surface area (Å²) < 4.78 is 2.03. The van der Waals surface area contributed by atoms with Crippen LogP contribution in [0.1, 0.15) is 5.69 Å². The highest BCUT2D eigenvalue weighted by Gasteiger charge is 2.20. The molecule has 0 saturated carbocycles. The largest absolute Gasteiger partial charge is 0.494 e. The molecule has 0 atom stereocenters. The van der Waals surface area contributed by atoms with Gasteiger partial charge in [-0.05, 0) is 12.3 Å². The van der Waals surface area contributed by atoms with Crippen LogP contribution in [0.2, 0.25) is 0 Å². The van der Waals surface area contributed by atoms with Crippen LogP contribution in [-0.4, -0.2) is 22.5 Å². The number of hydrogen-bond donors (Lipinski definition) is 2. The van der Waals surface area contributed by atoms with E-state index in [2.05, 4.69) is 23.5 Å². The SMILES string of the molecule is CSc1cccc2c3n(c(O)c12)CCNC3. The van der Waals surface area contributed by atoms with Gasteiger partial charge in [-0.3, -0.25) is 0 Å². The molecule has 0 amide bonds. The highest BCUT2D eigenvalue weighted by atomic mass is 32.2. The number of rotatable bonds is 1. The number of fused-ring (bicyclic) bond motifs is 3. The average Bonchev–Trinajstić information content (AvgIpc) is 2.64. The van der Waals surface area contributed by atoms with Gasteiger partial charge in [0.05, 0.1) is 5.39 Å². The first-order valence-corrected chi connectivity index (χ1v) is 6.63. The molecule has 2 aromatic rings. The van der Waals surface area contributed by atoms with Crippen molar-refractivity contribution < 1.29 is 5.11 Å². The third-order valence-corrected chi connectivity index (χ3v) is 3.95. The summed E-state index contributed by atoms with van der Waals surface area (Å²) in [5, 5.41) is 15.8. The molecular weight excluding hydrogens is 220 g/mol. The van der Waals surface area contributed by atoms with Crippen LogP contribution >= 0.6 is 11.8 Å². The maximum Gasteiger partial charge on any atom is 0.200 e. The quantitative estimate of drug-likeness (QED) is 0.743. The summed E-state index contributed by atoms with van der Waals surface area (Å²) in [6.07, 6.45) is 2.04. The minimum absolute atomic E-state index is 0.427. The lowest BCUT2D eigenvalue weighted by atomic mass is 10.1. The van der Waals surface area contributed by atoms with E-state index in [4.69, 9.17) is 0 Å². The van der Waals surface area contributed by atoms with E-state index in [1.165, 1.54) is 11.1 Å². The van der Waals surface area contributed by atoms with E-state index < -0.39 is 0 Å². The summed E-state index contributed by atoms with van der Waals surface area (Å²) in [5.41, 5.74) is 1.20. The smallest absolute Gasteiger partial charge is 0.200 e.